The summed E-state index contributed by atoms with van der Waals surface area (Å²) in [5.41, 5.74) is 0.317. The Morgan fingerprint density at radius 2 is 2.05 bits per heavy atom. The number of carbonyl (C=O) groups is 2. The Morgan fingerprint density at radius 1 is 1.42 bits per heavy atom. The molecule has 0 saturated heterocycles. The van der Waals surface area contributed by atoms with Crippen molar-refractivity contribution in [3.8, 4) is 0 Å². The zero-order chi connectivity index (χ0) is 14.6. The van der Waals surface area contributed by atoms with Crippen LogP contribution in [0.5, 0.6) is 0 Å². The molecule has 3 N–H and O–H groups in total. The monoisotopic (exact) mass is 305 g/mol. The molecule has 0 fully saturated rings. The molecule has 0 aliphatic carbocycles. The van der Waals surface area contributed by atoms with Crippen molar-refractivity contribution >= 4 is 34.2 Å². The number of rotatable bonds is 6. The number of aromatic nitrogens is 1. The van der Waals surface area contributed by atoms with E-state index in [2.05, 4.69) is 4.98 Å². The quantitative estimate of drug-likeness (QED) is 0.725. The number of hydrogen-bond donors (Lipinski definition) is 3. The van der Waals surface area contributed by atoms with Gasteiger partial charge in [-0.05, 0) is 13.3 Å². The first-order valence-electron chi connectivity index (χ1n) is 5.53. The van der Waals surface area contributed by atoms with Crippen LogP contribution in [0.15, 0.2) is 0 Å². The molecule has 19 heavy (non-hydrogen) atoms. The van der Waals surface area contributed by atoms with E-state index >= 15 is 0 Å². The second kappa shape index (κ2) is 6.99. The molecule has 0 spiro atoms. The average molecular weight is 305 g/mol. The third-order valence-electron chi connectivity index (χ3n) is 2.34. The lowest BCUT2D eigenvalue weighted by molar-refractivity contribution is -0.109. The number of carbonyl (C=O) groups excluding carboxylic acids is 1. The van der Waals surface area contributed by atoms with E-state index in [1.54, 1.807) is 0 Å². The second-order valence-electron chi connectivity index (χ2n) is 3.91. The van der Waals surface area contributed by atoms with E-state index in [4.69, 9.17) is 5.11 Å². The summed E-state index contributed by atoms with van der Waals surface area (Å²) in [6.07, 6.45) is -2.07. The summed E-state index contributed by atoms with van der Waals surface area (Å²) in [6, 6.07) is 0. The lowest BCUT2D eigenvalue weighted by Gasteiger charge is -2.14. The van der Waals surface area contributed by atoms with Crippen molar-refractivity contribution in [3.05, 3.63) is 15.6 Å². The number of carboxylic acids is 1. The van der Waals surface area contributed by atoms with Crippen molar-refractivity contribution < 1.29 is 24.9 Å². The molecule has 2 unspecified atom stereocenters. The molecule has 6 nitrogen and oxygen atoms in total. The summed E-state index contributed by atoms with van der Waals surface area (Å²) >= 11 is 1.91. The first-order valence-corrected chi connectivity index (χ1v) is 7.33. The average Bonchev–Trinajstić information content (AvgIpc) is 2.69. The van der Waals surface area contributed by atoms with Gasteiger partial charge >= 0.3 is 5.97 Å². The van der Waals surface area contributed by atoms with E-state index in [1.807, 2.05) is 0 Å². The molecule has 2 atom stereocenters. The maximum Gasteiger partial charge on any atom is 0.347 e. The lowest BCUT2D eigenvalue weighted by Crippen LogP contribution is -2.19. The fraction of sp³-hybridized carbons (Fsp3) is 0.545. The minimum Gasteiger partial charge on any atom is -0.477 e. The van der Waals surface area contributed by atoms with Gasteiger partial charge < -0.3 is 15.3 Å². The van der Waals surface area contributed by atoms with Crippen LogP contribution in [0.4, 0.5) is 0 Å². The first kappa shape index (κ1) is 16.1. The number of thioether (sulfide) groups is 1. The number of aromatic carboxylic acids is 1. The predicted octanol–water partition coefficient (Wildman–Crippen LogP) is 1.21. The molecule has 1 aromatic heterocycles. The van der Waals surface area contributed by atoms with Crippen LogP contribution in [0, 0.1) is 6.92 Å². The number of aliphatic hydroxyl groups is 2. The van der Waals surface area contributed by atoms with Gasteiger partial charge in [-0.1, -0.05) is 11.8 Å². The van der Waals surface area contributed by atoms with Gasteiger partial charge in [0.1, 0.15) is 16.0 Å². The zero-order valence-corrected chi connectivity index (χ0v) is 12.1. The molecule has 1 aromatic rings. The molecule has 0 aliphatic heterocycles. The predicted molar refractivity (Wildman–Crippen MR) is 72.5 cm³/mol. The van der Waals surface area contributed by atoms with E-state index in [-0.39, 0.29) is 21.4 Å². The Labute approximate surface area is 118 Å². The minimum absolute atomic E-state index is 0.0550. The third-order valence-corrected chi connectivity index (χ3v) is 4.41. The molecule has 0 amide bonds. The van der Waals surface area contributed by atoms with Crippen LogP contribution in [0.2, 0.25) is 0 Å². The topological polar surface area (TPSA) is 108 Å². The highest BCUT2D eigenvalue weighted by atomic mass is 32.2. The Hall–Kier alpha value is -0.960. The van der Waals surface area contributed by atoms with E-state index in [0.717, 1.165) is 23.1 Å². The third kappa shape index (κ3) is 4.57. The van der Waals surface area contributed by atoms with Gasteiger partial charge in [-0.3, -0.25) is 4.79 Å². The summed E-state index contributed by atoms with van der Waals surface area (Å²) in [4.78, 5) is 25.6. The molecule has 0 bridgehead atoms. The number of hydrogen-bond acceptors (Lipinski definition) is 7. The van der Waals surface area contributed by atoms with Gasteiger partial charge in [-0.15, -0.1) is 11.3 Å². The Kier molecular flexibility index (Phi) is 5.92. The number of aliphatic hydroxyl groups excluding tert-OH is 2. The molecule has 0 aliphatic rings. The molecule has 1 rings (SSSR count). The van der Waals surface area contributed by atoms with Crippen molar-refractivity contribution in [2.24, 2.45) is 0 Å². The number of nitrogens with zero attached hydrogens (tertiary/aromatic N) is 1. The highest BCUT2D eigenvalue weighted by Crippen LogP contribution is 2.27. The summed E-state index contributed by atoms with van der Waals surface area (Å²) in [7, 11) is 0. The van der Waals surface area contributed by atoms with Crippen LogP contribution in [0.3, 0.4) is 0 Å². The van der Waals surface area contributed by atoms with Crippen molar-refractivity contribution in [1.82, 2.24) is 4.98 Å². The van der Waals surface area contributed by atoms with E-state index < -0.39 is 18.2 Å². The van der Waals surface area contributed by atoms with Gasteiger partial charge in [0.05, 0.1) is 11.8 Å². The highest BCUT2D eigenvalue weighted by Gasteiger charge is 2.24. The maximum atomic E-state index is 10.9. The molecule has 0 saturated carbocycles. The summed E-state index contributed by atoms with van der Waals surface area (Å²) in [5, 5.41) is 28.7. The van der Waals surface area contributed by atoms with Crippen LogP contribution >= 0.6 is 23.1 Å². The fourth-order valence-corrected chi connectivity index (χ4v) is 2.99. The van der Waals surface area contributed by atoms with Crippen molar-refractivity contribution in [2.75, 3.05) is 5.75 Å². The molecular formula is C11H15NO5S2. The SMILES string of the molecule is CC(=O)SCCC(O)C(O)c1nc(C)c(C(=O)O)s1. The normalized spacial score (nSPS) is 14.1. The van der Waals surface area contributed by atoms with Crippen LogP contribution in [0.1, 0.15) is 39.8 Å². The van der Waals surface area contributed by atoms with Crippen molar-refractivity contribution in [3.63, 3.8) is 0 Å². The smallest absolute Gasteiger partial charge is 0.347 e. The summed E-state index contributed by atoms with van der Waals surface area (Å²) in [6.45, 7) is 2.96. The largest absolute Gasteiger partial charge is 0.477 e. The highest BCUT2D eigenvalue weighted by molar-refractivity contribution is 8.13. The molecule has 8 heteroatoms. The van der Waals surface area contributed by atoms with E-state index in [1.165, 1.54) is 13.8 Å². The van der Waals surface area contributed by atoms with Gasteiger partial charge in [-0.25, -0.2) is 9.78 Å². The molecule has 106 valence electrons. The number of thiazole rings is 1. The van der Waals surface area contributed by atoms with E-state index in [0.29, 0.717) is 11.4 Å². The van der Waals surface area contributed by atoms with Gasteiger partial charge in [-0.2, -0.15) is 0 Å². The Bertz CT molecular complexity index is 474. The standard InChI is InChI=1S/C11H15NO5S2/c1-5-9(11(16)17)19-10(12-5)8(15)7(14)3-4-18-6(2)13/h7-8,14-15H,3-4H2,1-2H3,(H,16,17). The van der Waals surface area contributed by atoms with Gasteiger partial charge in [0.25, 0.3) is 0 Å². The lowest BCUT2D eigenvalue weighted by atomic mass is 10.1. The maximum absolute atomic E-state index is 10.9. The van der Waals surface area contributed by atoms with Crippen LogP contribution in [0.25, 0.3) is 0 Å². The Balaban J connectivity index is 2.66. The molecule has 0 aromatic carbocycles. The van der Waals surface area contributed by atoms with Crippen molar-refractivity contribution in [1.29, 1.82) is 0 Å². The number of aryl methyl sites for hydroxylation is 1. The molecule has 0 radical (unpaired) electrons. The Morgan fingerprint density at radius 3 is 2.53 bits per heavy atom. The van der Waals surface area contributed by atoms with Gasteiger partial charge in [0.15, 0.2) is 5.12 Å². The van der Waals surface area contributed by atoms with Crippen molar-refractivity contribution in [2.45, 2.75) is 32.5 Å². The minimum atomic E-state index is -1.23. The number of carboxylic acid groups (broad SMARTS) is 1. The van der Waals surface area contributed by atoms with Gasteiger partial charge in [0.2, 0.25) is 0 Å². The second-order valence-corrected chi connectivity index (χ2v) is 6.22. The molecule has 1 heterocycles. The van der Waals surface area contributed by atoms with Crippen LogP contribution in [-0.2, 0) is 4.79 Å². The van der Waals surface area contributed by atoms with E-state index in [9.17, 15) is 19.8 Å². The van der Waals surface area contributed by atoms with Crippen LogP contribution in [-0.4, -0.2) is 43.2 Å². The zero-order valence-electron chi connectivity index (χ0n) is 10.5. The first-order chi connectivity index (χ1) is 8.82. The fourth-order valence-electron chi connectivity index (χ4n) is 1.39. The van der Waals surface area contributed by atoms with Gasteiger partial charge in [0, 0.05) is 12.7 Å². The summed E-state index contributed by atoms with van der Waals surface area (Å²) < 4.78 is 0. The summed E-state index contributed by atoms with van der Waals surface area (Å²) in [5.74, 6) is -0.709. The van der Waals surface area contributed by atoms with Crippen LogP contribution < -0.4 is 0 Å². The molecular weight excluding hydrogens is 290 g/mol.